The second-order valence-corrected chi connectivity index (χ2v) is 8.89. The molecule has 0 aromatic heterocycles. The van der Waals surface area contributed by atoms with Crippen LogP contribution in [0.5, 0.6) is 0 Å². The van der Waals surface area contributed by atoms with Crippen molar-refractivity contribution in [2.24, 2.45) is 4.99 Å². The van der Waals surface area contributed by atoms with E-state index in [0.717, 1.165) is 30.6 Å². The third kappa shape index (κ3) is 6.52. The van der Waals surface area contributed by atoms with Crippen LogP contribution >= 0.6 is 11.8 Å². The summed E-state index contributed by atoms with van der Waals surface area (Å²) in [6.07, 6.45) is 5.68. The molecule has 3 N–H and O–H groups in total. The Morgan fingerprint density at radius 2 is 2.04 bits per heavy atom. The Balaban J connectivity index is 1.83. The largest absolute Gasteiger partial charge is 0.357 e. The first-order chi connectivity index (χ1) is 12.0. The van der Waals surface area contributed by atoms with Gasteiger partial charge in [0.2, 0.25) is 10.0 Å². The maximum Gasteiger partial charge on any atom is 0.240 e. The monoisotopic (exact) mass is 384 g/mol. The first-order valence-corrected chi connectivity index (χ1v) is 11.4. The van der Waals surface area contributed by atoms with Gasteiger partial charge in [0.25, 0.3) is 0 Å². The Labute approximate surface area is 155 Å². The number of nitrogens with zero attached hydrogens (tertiary/aromatic N) is 1. The Hall–Kier alpha value is -1.25. The fraction of sp³-hybridized carbons (Fsp3) is 0.588. The average Bonchev–Trinajstić information content (AvgIpc) is 3.07. The third-order valence-electron chi connectivity index (χ3n) is 4.13. The van der Waals surface area contributed by atoms with E-state index in [1.807, 2.05) is 18.7 Å². The molecule has 8 heteroatoms. The summed E-state index contributed by atoms with van der Waals surface area (Å²) >= 11 is 1.92. The molecule has 0 aliphatic heterocycles. The van der Waals surface area contributed by atoms with E-state index in [1.165, 1.54) is 6.42 Å². The SMILES string of the molecule is CCNC(=NCCNS(=O)(=O)c1ccccc1)NC1CCC(SC)C1. The molecule has 140 valence electrons. The summed E-state index contributed by atoms with van der Waals surface area (Å²) in [6.45, 7) is 3.46. The molecule has 0 saturated heterocycles. The molecule has 1 aromatic carbocycles. The molecule has 0 spiro atoms. The first-order valence-electron chi connectivity index (χ1n) is 8.67. The van der Waals surface area contributed by atoms with Crippen molar-refractivity contribution in [2.45, 2.75) is 42.4 Å². The molecule has 1 fully saturated rings. The van der Waals surface area contributed by atoms with Crippen LogP contribution < -0.4 is 15.4 Å². The number of thioether (sulfide) groups is 1. The second kappa shape index (κ2) is 10.0. The molecule has 1 aliphatic carbocycles. The number of rotatable bonds is 8. The summed E-state index contributed by atoms with van der Waals surface area (Å²) in [6, 6.07) is 8.82. The van der Waals surface area contributed by atoms with Crippen LogP contribution in [0, 0.1) is 0 Å². The Bertz CT molecular complexity index is 650. The molecule has 0 radical (unpaired) electrons. The highest BCUT2D eigenvalue weighted by Gasteiger charge is 2.24. The summed E-state index contributed by atoms with van der Waals surface area (Å²) in [5.41, 5.74) is 0. The van der Waals surface area contributed by atoms with Gasteiger partial charge in [0.15, 0.2) is 5.96 Å². The lowest BCUT2D eigenvalue weighted by Crippen LogP contribution is -2.43. The Morgan fingerprint density at radius 1 is 1.28 bits per heavy atom. The van der Waals surface area contributed by atoms with Crippen LogP contribution in [-0.4, -0.2) is 51.6 Å². The van der Waals surface area contributed by atoms with Crippen molar-refractivity contribution >= 4 is 27.7 Å². The molecule has 0 heterocycles. The highest BCUT2D eigenvalue weighted by Crippen LogP contribution is 2.27. The van der Waals surface area contributed by atoms with E-state index in [1.54, 1.807) is 30.3 Å². The lowest BCUT2D eigenvalue weighted by Gasteiger charge is -2.17. The van der Waals surface area contributed by atoms with Crippen molar-refractivity contribution in [2.75, 3.05) is 25.9 Å². The minimum absolute atomic E-state index is 0.270. The topological polar surface area (TPSA) is 82.6 Å². The van der Waals surface area contributed by atoms with Crippen LogP contribution in [0.4, 0.5) is 0 Å². The molecule has 1 aliphatic rings. The smallest absolute Gasteiger partial charge is 0.240 e. The predicted molar refractivity (Wildman–Crippen MR) is 106 cm³/mol. The summed E-state index contributed by atoms with van der Waals surface area (Å²) < 4.78 is 26.9. The van der Waals surface area contributed by atoms with Gasteiger partial charge < -0.3 is 10.6 Å². The molecule has 2 atom stereocenters. The maximum absolute atomic E-state index is 12.2. The van der Waals surface area contributed by atoms with Gasteiger partial charge in [0, 0.05) is 24.4 Å². The van der Waals surface area contributed by atoms with E-state index in [9.17, 15) is 8.42 Å². The minimum Gasteiger partial charge on any atom is -0.357 e. The Kier molecular flexibility index (Phi) is 8.05. The first kappa shape index (κ1) is 20.1. The van der Waals surface area contributed by atoms with Crippen LogP contribution in [0.2, 0.25) is 0 Å². The summed E-state index contributed by atoms with van der Waals surface area (Å²) in [5.74, 6) is 0.758. The number of aliphatic imine (C=N–C) groups is 1. The number of benzene rings is 1. The molecule has 1 saturated carbocycles. The normalized spacial score (nSPS) is 21.3. The lowest BCUT2D eigenvalue weighted by molar-refractivity contribution is 0.581. The number of nitrogens with one attached hydrogen (secondary N) is 3. The van der Waals surface area contributed by atoms with Gasteiger partial charge in [-0.15, -0.1) is 0 Å². The molecule has 2 unspecified atom stereocenters. The quantitative estimate of drug-likeness (QED) is 0.362. The molecular weight excluding hydrogens is 356 g/mol. The fourth-order valence-electron chi connectivity index (χ4n) is 2.83. The van der Waals surface area contributed by atoms with Gasteiger partial charge in [-0.1, -0.05) is 18.2 Å². The van der Waals surface area contributed by atoms with E-state index < -0.39 is 10.0 Å². The Morgan fingerprint density at radius 3 is 2.68 bits per heavy atom. The highest BCUT2D eigenvalue weighted by atomic mass is 32.2. The van der Waals surface area contributed by atoms with Gasteiger partial charge in [-0.2, -0.15) is 11.8 Å². The van der Waals surface area contributed by atoms with Crippen molar-refractivity contribution in [1.29, 1.82) is 0 Å². The molecule has 2 rings (SSSR count). The molecule has 25 heavy (non-hydrogen) atoms. The van der Waals surface area contributed by atoms with Crippen molar-refractivity contribution in [3.8, 4) is 0 Å². The summed E-state index contributed by atoms with van der Waals surface area (Å²) in [4.78, 5) is 4.76. The van der Waals surface area contributed by atoms with Crippen molar-refractivity contribution in [3.05, 3.63) is 30.3 Å². The standard InChI is InChI=1S/C17H28N4O2S2/c1-3-18-17(21-14-9-10-15(13-14)24-2)19-11-12-20-25(22,23)16-7-5-4-6-8-16/h4-8,14-15,20H,3,9-13H2,1-2H3,(H2,18,19,21). The van der Waals surface area contributed by atoms with E-state index in [0.29, 0.717) is 12.6 Å². The zero-order valence-corrected chi connectivity index (χ0v) is 16.5. The fourth-order valence-corrected chi connectivity index (χ4v) is 4.67. The maximum atomic E-state index is 12.2. The molecule has 6 nitrogen and oxygen atoms in total. The zero-order chi connectivity index (χ0) is 18.1. The number of hydrogen-bond donors (Lipinski definition) is 3. The summed E-state index contributed by atoms with van der Waals surface area (Å²) in [5, 5.41) is 7.41. The minimum atomic E-state index is -3.47. The van der Waals surface area contributed by atoms with Crippen molar-refractivity contribution in [1.82, 2.24) is 15.4 Å². The number of guanidine groups is 1. The van der Waals surface area contributed by atoms with Crippen LogP contribution in [0.25, 0.3) is 0 Å². The van der Waals surface area contributed by atoms with Crippen molar-refractivity contribution < 1.29 is 8.42 Å². The van der Waals surface area contributed by atoms with Gasteiger partial charge in [-0.25, -0.2) is 13.1 Å². The van der Waals surface area contributed by atoms with Gasteiger partial charge >= 0.3 is 0 Å². The molecule has 0 amide bonds. The number of hydrogen-bond acceptors (Lipinski definition) is 4. The average molecular weight is 385 g/mol. The van der Waals surface area contributed by atoms with Crippen LogP contribution in [0.15, 0.2) is 40.2 Å². The van der Waals surface area contributed by atoms with Crippen LogP contribution in [0.1, 0.15) is 26.2 Å². The van der Waals surface area contributed by atoms with Gasteiger partial charge in [0.05, 0.1) is 11.4 Å². The number of sulfonamides is 1. The molecular formula is C17H28N4O2S2. The summed E-state index contributed by atoms with van der Waals surface area (Å²) in [7, 11) is -3.47. The molecule has 1 aromatic rings. The third-order valence-corrected chi connectivity index (χ3v) is 6.70. The second-order valence-electron chi connectivity index (χ2n) is 5.98. The van der Waals surface area contributed by atoms with E-state index in [4.69, 9.17) is 0 Å². The van der Waals surface area contributed by atoms with Gasteiger partial charge in [-0.05, 0) is 44.6 Å². The predicted octanol–water partition coefficient (Wildman–Crippen LogP) is 1.80. The van der Waals surface area contributed by atoms with E-state index in [-0.39, 0.29) is 11.4 Å². The van der Waals surface area contributed by atoms with Crippen LogP contribution in [0.3, 0.4) is 0 Å². The van der Waals surface area contributed by atoms with Gasteiger partial charge in [0.1, 0.15) is 0 Å². The van der Waals surface area contributed by atoms with Crippen molar-refractivity contribution in [3.63, 3.8) is 0 Å². The van der Waals surface area contributed by atoms with Gasteiger partial charge in [-0.3, -0.25) is 4.99 Å². The lowest BCUT2D eigenvalue weighted by atomic mass is 10.2. The van der Waals surface area contributed by atoms with E-state index >= 15 is 0 Å². The zero-order valence-electron chi connectivity index (χ0n) is 14.9. The van der Waals surface area contributed by atoms with E-state index in [2.05, 4.69) is 26.6 Å². The van der Waals surface area contributed by atoms with Crippen LogP contribution in [-0.2, 0) is 10.0 Å². The molecule has 0 bridgehead atoms. The highest BCUT2D eigenvalue weighted by molar-refractivity contribution is 7.99.